The molecule has 0 radical (unpaired) electrons. The van der Waals surface area contributed by atoms with Gasteiger partial charge in [0.15, 0.2) is 0 Å². The Morgan fingerprint density at radius 2 is 1.62 bits per heavy atom. The number of amides is 6. The van der Waals surface area contributed by atoms with E-state index < -0.39 is 64.8 Å². The predicted octanol–water partition coefficient (Wildman–Crippen LogP) is 5.56. The molecule has 5 aromatic rings. The molecule has 0 spiro atoms. The van der Waals surface area contributed by atoms with Crippen molar-refractivity contribution >= 4 is 64.1 Å². The number of aromatic nitrogens is 4. The molecule has 81 heavy (non-hydrogen) atoms. The second kappa shape index (κ2) is 27.0. The van der Waals surface area contributed by atoms with Crippen molar-refractivity contribution in [1.29, 1.82) is 0 Å². The summed E-state index contributed by atoms with van der Waals surface area (Å²) in [7, 11) is 1.65. The fraction of sp³-hybridized carbons (Fsp3) is 0.456. The minimum Gasteiger partial charge on any atom is -0.491 e. The zero-order valence-electron chi connectivity index (χ0n) is 46.1. The Morgan fingerprint density at radius 3 is 2.30 bits per heavy atom. The molecule has 7 rings (SSSR count). The number of pyridine rings is 2. The molecule has 6 amide bonds. The number of hydrogen-bond donors (Lipinski definition) is 6. The molecule has 24 heteroatoms. The van der Waals surface area contributed by atoms with E-state index in [9.17, 15) is 41.9 Å². The van der Waals surface area contributed by atoms with Crippen LogP contribution in [0, 0.1) is 5.41 Å². The molecular weight excluding hydrogens is 1050 g/mol. The first-order valence-corrected chi connectivity index (χ1v) is 26.9. The highest BCUT2D eigenvalue weighted by Gasteiger charge is 2.42. The maximum absolute atomic E-state index is 14.1. The number of alkyl halides is 3. The lowest BCUT2D eigenvalue weighted by Gasteiger charge is -2.40. The summed E-state index contributed by atoms with van der Waals surface area (Å²) in [6.45, 7) is 7.32. The third kappa shape index (κ3) is 15.7. The van der Waals surface area contributed by atoms with E-state index in [0.717, 1.165) is 67.1 Å². The van der Waals surface area contributed by atoms with E-state index in [-0.39, 0.29) is 88.2 Å². The fourth-order valence-electron chi connectivity index (χ4n) is 9.73. The lowest BCUT2D eigenvalue weighted by molar-refractivity contribution is -0.146. The number of ether oxygens (including phenoxy) is 3. The number of likely N-dealkylation sites (N-methyl/N-ethyl adjacent to an activating group) is 1. The summed E-state index contributed by atoms with van der Waals surface area (Å²) < 4.78 is 59.1. The number of nitrogens with one attached hydrogen (secondary N) is 3. The molecule has 4 heterocycles. The second-order valence-corrected chi connectivity index (χ2v) is 21.2. The van der Waals surface area contributed by atoms with Crippen molar-refractivity contribution in [3.8, 4) is 17.0 Å². The summed E-state index contributed by atoms with van der Waals surface area (Å²) >= 11 is 0. The normalized spacial score (nSPS) is 15.7. The summed E-state index contributed by atoms with van der Waals surface area (Å²) in [4.78, 5) is 89.1. The number of halogens is 3. The van der Waals surface area contributed by atoms with Crippen LogP contribution in [0.25, 0.3) is 28.2 Å². The lowest BCUT2D eigenvalue weighted by Crippen LogP contribution is -2.61. The van der Waals surface area contributed by atoms with Crippen LogP contribution in [-0.2, 0) is 52.6 Å². The molecular formula is C57H71F3N12O9. The Bertz CT molecular complexity index is 3100. The number of rotatable bonds is 24. The maximum atomic E-state index is 14.1. The molecule has 9 N–H and O–H groups in total. The quantitative estimate of drug-likeness (QED) is 0.0413. The van der Waals surface area contributed by atoms with Gasteiger partial charge in [-0.2, -0.15) is 18.3 Å². The fourth-order valence-corrected chi connectivity index (χ4v) is 9.73. The van der Waals surface area contributed by atoms with Gasteiger partial charge in [0.25, 0.3) is 5.91 Å². The lowest BCUT2D eigenvalue weighted by atomic mass is 9.84. The second-order valence-electron chi connectivity index (χ2n) is 21.2. The largest absolute Gasteiger partial charge is 0.491 e. The Kier molecular flexibility index (Phi) is 20.2. The Hall–Kier alpha value is -7.96. The third-order valence-corrected chi connectivity index (χ3v) is 14.3. The molecule has 21 nitrogen and oxygen atoms in total. The molecule has 1 aliphatic heterocycles. The third-order valence-electron chi connectivity index (χ3n) is 14.3. The molecule has 0 unspecified atom stereocenters. The number of nitrogens with zero attached hydrogens (tertiary/aromatic N) is 6. The van der Waals surface area contributed by atoms with Gasteiger partial charge in [0.2, 0.25) is 29.5 Å². The van der Waals surface area contributed by atoms with Gasteiger partial charge in [-0.05, 0) is 86.2 Å². The average Bonchev–Trinajstić information content (AvgIpc) is 3.49. The van der Waals surface area contributed by atoms with Crippen LogP contribution < -0.4 is 37.9 Å². The van der Waals surface area contributed by atoms with Gasteiger partial charge in [0.1, 0.15) is 48.4 Å². The van der Waals surface area contributed by atoms with Gasteiger partial charge in [-0.1, -0.05) is 70.4 Å². The van der Waals surface area contributed by atoms with Gasteiger partial charge >= 0.3 is 6.18 Å². The minimum atomic E-state index is -4.60. The van der Waals surface area contributed by atoms with Crippen molar-refractivity contribution in [3.63, 3.8) is 0 Å². The highest BCUT2D eigenvalue weighted by atomic mass is 19.4. The van der Waals surface area contributed by atoms with E-state index in [4.69, 9.17) is 36.5 Å². The van der Waals surface area contributed by atoms with Crippen molar-refractivity contribution < 1.29 is 56.1 Å². The molecule has 3 aromatic heterocycles. The van der Waals surface area contributed by atoms with Gasteiger partial charge in [0.05, 0.1) is 54.9 Å². The molecule has 1 saturated carbocycles. The summed E-state index contributed by atoms with van der Waals surface area (Å²) in [6.07, 6.45) is 7.19. The average molecular weight is 1130 g/mol. The van der Waals surface area contributed by atoms with Gasteiger partial charge < -0.3 is 57.2 Å². The van der Waals surface area contributed by atoms with Crippen LogP contribution in [0.3, 0.4) is 0 Å². The number of carbonyl (C=O) groups is 6. The zero-order chi connectivity index (χ0) is 58.6. The van der Waals surface area contributed by atoms with Crippen molar-refractivity contribution in [1.82, 2.24) is 40.2 Å². The molecule has 1 aliphatic carbocycles. The number of nitrogens with two attached hydrogens (primary N) is 3. The molecule has 2 aliphatic rings. The number of nitrogen functional groups attached to an aromatic ring is 1. The van der Waals surface area contributed by atoms with E-state index in [1.165, 1.54) is 9.80 Å². The Balaban J connectivity index is 0.913. The van der Waals surface area contributed by atoms with Crippen molar-refractivity contribution in [2.75, 3.05) is 64.2 Å². The number of carbonyl (C=O) groups excluding carboxylic acids is 6. The van der Waals surface area contributed by atoms with Crippen LogP contribution in [0.5, 0.6) is 5.75 Å². The first-order chi connectivity index (χ1) is 38.5. The summed E-state index contributed by atoms with van der Waals surface area (Å²) in [5.74, 6) is -2.71. The molecule has 2 aromatic carbocycles. The Labute approximate surface area is 467 Å². The molecule has 0 bridgehead atoms. The molecule has 434 valence electrons. The van der Waals surface area contributed by atoms with Crippen LogP contribution in [0.4, 0.5) is 24.8 Å². The van der Waals surface area contributed by atoms with Gasteiger partial charge in [-0.15, -0.1) is 0 Å². The van der Waals surface area contributed by atoms with E-state index in [1.54, 1.807) is 56.6 Å². The van der Waals surface area contributed by atoms with Crippen LogP contribution in [0.2, 0.25) is 0 Å². The summed E-state index contributed by atoms with van der Waals surface area (Å²) in [6, 6.07) is 11.1. The van der Waals surface area contributed by atoms with Gasteiger partial charge in [-0.3, -0.25) is 33.4 Å². The predicted molar refractivity (Wildman–Crippen MR) is 297 cm³/mol. The van der Waals surface area contributed by atoms with E-state index >= 15 is 0 Å². The van der Waals surface area contributed by atoms with Crippen LogP contribution in [0.1, 0.15) is 105 Å². The van der Waals surface area contributed by atoms with E-state index in [2.05, 4.69) is 25.9 Å². The first-order valence-electron chi connectivity index (χ1n) is 26.9. The van der Waals surface area contributed by atoms with Crippen molar-refractivity contribution in [2.24, 2.45) is 16.9 Å². The molecule has 0 saturated heterocycles. The van der Waals surface area contributed by atoms with Crippen LogP contribution in [-0.4, -0.2) is 136 Å². The smallest absolute Gasteiger partial charge is 0.416 e. The van der Waals surface area contributed by atoms with Gasteiger partial charge in [-0.25, -0.2) is 9.97 Å². The molecule has 1 fully saturated rings. The summed E-state index contributed by atoms with van der Waals surface area (Å²) in [5, 5.41) is 13.8. The van der Waals surface area contributed by atoms with Crippen molar-refractivity contribution in [2.45, 2.75) is 110 Å². The minimum absolute atomic E-state index is 0.0645. The van der Waals surface area contributed by atoms with Crippen LogP contribution >= 0.6 is 0 Å². The van der Waals surface area contributed by atoms with Crippen molar-refractivity contribution in [3.05, 3.63) is 101 Å². The highest BCUT2D eigenvalue weighted by Crippen LogP contribution is 2.39. The highest BCUT2D eigenvalue weighted by molar-refractivity contribution is 6.06. The number of hydrogen-bond acceptors (Lipinski definition) is 14. The zero-order valence-corrected chi connectivity index (χ0v) is 46.1. The topological polar surface area (TPSA) is 294 Å². The maximum Gasteiger partial charge on any atom is 0.416 e. The standard InChI is InChI=1S/C57H71F3N12O9/c1-34(64-5)53(76)68-50(56(2,3)4)55(78)71-31-39-27-42(19-18-37(39)28-43(71)52(63)75)81-26-25-79-23-24-80-33-46(74)70(32-44(61)73)22-10-9-11-38-30-66-51(62)47-48(69-72(49(38)47)41-12-7-6-8-13-41)35-14-16-36(17-15-35)54(77)67-45-29-40(20-21-65-45)57(58,59)60/h9,11,14-21,27,29-30,34,41,43,50,64H,6-8,10,12-13,22-26,28,31-33H2,1-5H3,(H2,61,73)(H2,62,66)(H2,63,75)(H,68,76)(H,65,67,77)/b11-9+/t34-,43-,50+/m0/s1. The Morgan fingerprint density at radius 1 is 0.901 bits per heavy atom. The summed E-state index contributed by atoms with van der Waals surface area (Å²) in [5.41, 5.74) is 20.7. The monoisotopic (exact) mass is 1120 g/mol. The first kappa shape index (κ1) is 60.7. The SMILES string of the molecule is CN[C@@H](C)C(=O)N[C@H](C(=O)N1Cc2cc(OCCOCCOCC(=O)N(CC/C=C/c3cnc(N)c4c(-c5ccc(C(=O)Nc6cc(C(F)(F)F)ccn6)cc5)nn(C5CCCCC5)c34)CC(N)=O)ccc2C[C@H]1C(N)=O)C(C)(C)C. The number of benzene rings is 2. The number of fused-ring (bicyclic) bond motifs is 2. The van der Waals surface area contributed by atoms with E-state index in [0.29, 0.717) is 34.4 Å². The van der Waals surface area contributed by atoms with E-state index in [1.807, 2.05) is 43.7 Å². The number of anilines is 2. The van der Waals surface area contributed by atoms with Crippen LogP contribution in [0.15, 0.2) is 73.1 Å². The molecule has 3 atom stereocenters. The number of primary amides is 2. The van der Waals surface area contributed by atoms with Gasteiger partial charge in [0, 0.05) is 48.6 Å².